The molecule has 0 saturated heterocycles. The molecule has 1 aromatic carbocycles. The zero-order valence-corrected chi connectivity index (χ0v) is 12.3. The van der Waals surface area contributed by atoms with Crippen LogP contribution >= 0.6 is 0 Å². The standard InChI is InChI=1S/C16H16O6/c1-3-21-16(20)10-5-12(22-8-10)7-14(19)15-9(2)4-11(17)6-13(15)18/h4-6,8,17-18H,3,7H2,1-2H3. The van der Waals surface area contributed by atoms with E-state index < -0.39 is 5.97 Å². The molecule has 0 radical (unpaired) electrons. The maximum Gasteiger partial charge on any atom is 0.341 e. The van der Waals surface area contributed by atoms with Crippen LogP contribution in [0.25, 0.3) is 0 Å². The van der Waals surface area contributed by atoms with Gasteiger partial charge in [0.25, 0.3) is 0 Å². The fourth-order valence-corrected chi connectivity index (χ4v) is 2.15. The van der Waals surface area contributed by atoms with Crippen molar-refractivity contribution in [2.75, 3.05) is 6.61 Å². The number of rotatable bonds is 5. The number of phenols is 2. The van der Waals surface area contributed by atoms with Crippen molar-refractivity contribution in [1.29, 1.82) is 0 Å². The maximum absolute atomic E-state index is 12.3. The predicted octanol–water partition coefficient (Wildman–Crippen LogP) is 2.60. The van der Waals surface area contributed by atoms with Gasteiger partial charge in [-0.3, -0.25) is 4.79 Å². The van der Waals surface area contributed by atoms with Crippen molar-refractivity contribution in [3.63, 3.8) is 0 Å². The molecule has 0 aliphatic carbocycles. The normalized spacial score (nSPS) is 10.5. The van der Waals surface area contributed by atoms with Crippen molar-refractivity contribution >= 4 is 11.8 Å². The Labute approximate surface area is 126 Å². The zero-order valence-electron chi connectivity index (χ0n) is 12.3. The Morgan fingerprint density at radius 1 is 1.23 bits per heavy atom. The summed E-state index contributed by atoms with van der Waals surface area (Å²) in [7, 11) is 0. The van der Waals surface area contributed by atoms with E-state index in [4.69, 9.17) is 9.15 Å². The molecule has 2 rings (SSSR count). The van der Waals surface area contributed by atoms with Gasteiger partial charge in [0.1, 0.15) is 23.5 Å². The molecule has 0 aliphatic rings. The van der Waals surface area contributed by atoms with Crippen LogP contribution in [0.5, 0.6) is 11.5 Å². The number of ether oxygens (including phenoxy) is 1. The van der Waals surface area contributed by atoms with Crippen LogP contribution in [-0.2, 0) is 11.2 Å². The lowest BCUT2D eigenvalue weighted by atomic mass is 10.00. The number of Topliss-reactive ketones (excluding diaryl/α,β-unsaturated/α-hetero) is 1. The average molecular weight is 304 g/mol. The molecule has 22 heavy (non-hydrogen) atoms. The van der Waals surface area contributed by atoms with Crippen LogP contribution in [0.15, 0.2) is 28.9 Å². The van der Waals surface area contributed by atoms with E-state index in [2.05, 4.69) is 0 Å². The highest BCUT2D eigenvalue weighted by molar-refractivity contribution is 6.01. The third kappa shape index (κ3) is 3.28. The number of benzene rings is 1. The second-order valence-corrected chi connectivity index (χ2v) is 4.78. The minimum Gasteiger partial charge on any atom is -0.508 e. The minimum atomic E-state index is -0.520. The summed E-state index contributed by atoms with van der Waals surface area (Å²) in [6.07, 6.45) is 1.11. The van der Waals surface area contributed by atoms with Crippen molar-refractivity contribution in [3.05, 3.63) is 46.9 Å². The third-order valence-corrected chi connectivity index (χ3v) is 3.08. The van der Waals surface area contributed by atoms with Gasteiger partial charge in [0, 0.05) is 6.07 Å². The van der Waals surface area contributed by atoms with E-state index >= 15 is 0 Å². The minimum absolute atomic E-state index is 0.113. The Hall–Kier alpha value is -2.76. The average Bonchev–Trinajstić information content (AvgIpc) is 2.86. The predicted molar refractivity (Wildman–Crippen MR) is 77.2 cm³/mol. The van der Waals surface area contributed by atoms with Gasteiger partial charge >= 0.3 is 5.97 Å². The summed E-state index contributed by atoms with van der Waals surface area (Å²) in [4.78, 5) is 23.8. The number of carbonyl (C=O) groups is 2. The van der Waals surface area contributed by atoms with Gasteiger partial charge in [-0.15, -0.1) is 0 Å². The van der Waals surface area contributed by atoms with Gasteiger partial charge in [-0.1, -0.05) is 0 Å². The van der Waals surface area contributed by atoms with Crippen LogP contribution in [0.3, 0.4) is 0 Å². The molecule has 2 N–H and O–H groups in total. The Morgan fingerprint density at radius 3 is 2.59 bits per heavy atom. The van der Waals surface area contributed by atoms with E-state index in [0.29, 0.717) is 11.3 Å². The largest absolute Gasteiger partial charge is 0.508 e. The lowest BCUT2D eigenvalue weighted by Gasteiger charge is -2.07. The monoisotopic (exact) mass is 304 g/mol. The summed E-state index contributed by atoms with van der Waals surface area (Å²) < 4.78 is 10.0. The first kappa shape index (κ1) is 15.6. The van der Waals surface area contributed by atoms with E-state index in [1.165, 1.54) is 18.4 Å². The number of carbonyl (C=O) groups excluding carboxylic acids is 2. The summed E-state index contributed by atoms with van der Waals surface area (Å²) in [5.74, 6) is -1.01. The van der Waals surface area contributed by atoms with Crippen LogP contribution in [0.4, 0.5) is 0 Å². The molecule has 0 unspecified atom stereocenters. The molecule has 0 amide bonds. The summed E-state index contributed by atoms with van der Waals surface area (Å²) in [5, 5.41) is 19.2. The molecular weight excluding hydrogens is 288 g/mol. The van der Waals surface area contributed by atoms with Gasteiger partial charge in [-0.2, -0.15) is 0 Å². The molecule has 1 heterocycles. The number of furan rings is 1. The van der Waals surface area contributed by atoms with Crippen molar-refractivity contribution in [1.82, 2.24) is 0 Å². The molecule has 0 atom stereocenters. The molecule has 0 bridgehead atoms. The van der Waals surface area contributed by atoms with Crippen molar-refractivity contribution in [2.24, 2.45) is 0 Å². The lowest BCUT2D eigenvalue weighted by Crippen LogP contribution is -2.06. The molecule has 116 valence electrons. The summed E-state index contributed by atoms with van der Waals surface area (Å²) in [5.41, 5.74) is 0.808. The fraction of sp³-hybridized carbons (Fsp3) is 0.250. The van der Waals surface area contributed by atoms with Gasteiger partial charge in [0.05, 0.1) is 24.2 Å². The third-order valence-electron chi connectivity index (χ3n) is 3.08. The summed E-state index contributed by atoms with van der Waals surface area (Å²) in [6, 6.07) is 3.92. The van der Waals surface area contributed by atoms with Crippen molar-refractivity contribution in [2.45, 2.75) is 20.3 Å². The summed E-state index contributed by atoms with van der Waals surface area (Å²) in [6.45, 7) is 3.55. The molecule has 0 saturated carbocycles. The van der Waals surface area contributed by atoms with Gasteiger partial charge < -0.3 is 19.4 Å². The van der Waals surface area contributed by atoms with Crippen LogP contribution < -0.4 is 0 Å². The first-order chi connectivity index (χ1) is 10.4. The number of aromatic hydroxyl groups is 2. The number of aryl methyl sites for hydroxylation is 1. The molecule has 0 fully saturated rings. The molecule has 0 aliphatic heterocycles. The Kier molecular flexibility index (Phi) is 4.50. The summed E-state index contributed by atoms with van der Waals surface area (Å²) >= 11 is 0. The molecule has 6 heteroatoms. The highest BCUT2D eigenvalue weighted by atomic mass is 16.5. The van der Waals surface area contributed by atoms with Crippen molar-refractivity contribution < 1.29 is 29.0 Å². The van der Waals surface area contributed by atoms with E-state index in [-0.39, 0.29) is 41.4 Å². The number of hydrogen-bond acceptors (Lipinski definition) is 6. The first-order valence-corrected chi connectivity index (χ1v) is 6.72. The SMILES string of the molecule is CCOC(=O)c1coc(CC(=O)c2c(C)cc(O)cc2O)c1. The second kappa shape index (κ2) is 6.34. The Morgan fingerprint density at radius 2 is 1.95 bits per heavy atom. The zero-order chi connectivity index (χ0) is 16.3. The van der Waals surface area contributed by atoms with Crippen LogP contribution in [0.1, 0.15) is 39.0 Å². The first-order valence-electron chi connectivity index (χ1n) is 6.72. The van der Waals surface area contributed by atoms with Gasteiger partial charge in [0.2, 0.25) is 0 Å². The number of esters is 1. The smallest absolute Gasteiger partial charge is 0.341 e. The quantitative estimate of drug-likeness (QED) is 0.651. The fourth-order valence-electron chi connectivity index (χ4n) is 2.15. The van der Waals surface area contributed by atoms with Crippen LogP contribution in [0.2, 0.25) is 0 Å². The van der Waals surface area contributed by atoms with Gasteiger partial charge in [-0.25, -0.2) is 4.79 Å². The molecule has 1 aromatic heterocycles. The topological polar surface area (TPSA) is 97.0 Å². The van der Waals surface area contributed by atoms with E-state index in [1.54, 1.807) is 13.8 Å². The Balaban J connectivity index is 2.18. The number of hydrogen-bond donors (Lipinski definition) is 2. The molecule has 0 spiro atoms. The molecule has 2 aromatic rings. The van der Waals surface area contributed by atoms with Crippen LogP contribution in [0, 0.1) is 6.92 Å². The van der Waals surface area contributed by atoms with Gasteiger partial charge in [0.15, 0.2) is 5.78 Å². The van der Waals surface area contributed by atoms with Gasteiger partial charge in [-0.05, 0) is 31.5 Å². The number of phenolic OH excluding ortho intramolecular Hbond substituents is 2. The lowest BCUT2D eigenvalue weighted by molar-refractivity contribution is 0.0525. The highest BCUT2D eigenvalue weighted by Crippen LogP contribution is 2.28. The Bertz CT molecular complexity index is 690. The molecular formula is C16H16O6. The van der Waals surface area contributed by atoms with E-state index in [9.17, 15) is 19.8 Å². The molecule has 6 nitrogen and oxygen atoms in total. The number of ketones is 1. The highest BCUT2D eigenvalue weighted by Gasteiger charge is 2.19. The van der Waals surface area contributed by atoms with E-state index in [0.717, 1.165) is 6.07 Å². The van der Waals surface area contributed by atoms with Crippen LogP contribution in [-0.4, -0.2) is 28.6 Å². The maximum atomic E-state index is 12.3. The van der Waals surface area contributed by atoms with E-state index in [1.807, 2.05) is 0 Å². The van der Waals surface area contributed by atoms with Crippen molar-refractivity contribution in [3.8, 4) is 11.5 Å². The second-order valence-electron chi connectivity index (χ2n) is 4.78.